The number of carbonyl (C=O) groups excluding carboxylic acids is 1. The van der Waals surface area contributed by atoms with E-state index in [2.05, 4.69) is 24.8 Å². The van der Waals surface area contributed by atoms with Crippen LogP contribution in [0.25, 0.3) is 0 Å². The van der Waals surface area contributed by atoms with E-state index < -0.39 is 0 Å². The molecule has 1 unspecified atom stereocenters. The van der Waals surface area contributed by atoms with Crippen molar-refractivity contribution in [3.8, 4) is 11.5 Å². The zero-order valence-electron chi connectivity index (χ0n) is 22.3. The van der Waals surface area contributed by atoms with Crippen molar-refractivity contribution in [1.82, 2.24) is 4.90 Å². The van der Waals surface area contributed by atoms with Gasteiger partial charge in [-0.05, 0) is 62.7 Å². The number of amides is 1. The molecule has 0 aromatic heterocycles. The molecule has 0 radical (unpaired) electrons. The highest BCUT2D eigenvalue weighted by Crippen LogP contribution is 2.53. The van der Waals surface area contributed by atoms with Gasteiger partial charge >= 0.3 is 0 Å². The molecule has 1 aliphatic heterocycles. The molecule has 0 N–H and O–H groups in total. The van der Waals surface area contributed by atoms with E-state index in [9.17, 15) is 4.79 Å². The molecule has 2 aromatic rings. The summed E-state index contributed by atoms with van der Waals surface area (Å²) >= 11 is 1.69. The molecular weight excluding hydrogens is 492 g/mol. The Hall–Kier alpha value is -1.89. The standard InChI is InChI=1S/C29H42N2O3S.ClH/c1-5-7-11-18-30(19-12-8-6-2)20-13-21-34-27-17-16-24(33-4)22-25(27)29-31(23(3)32)26-14-9-10-15-28(26)35-29;/h9-10,14-17,22,29H,5-8,11-13,18-21H2,1-4H3;1H. The molecular formula is C29H43ClN2O3S. The lowest BCUT2D eigenvalue weighted by atomic mass is 10.1. The number of rotatable bonds is 15. The zero-order valence-corrected chi connectivity index (χ0v) is 24.0. The van der Waals surface area contributed by atoms with Gasteiger partial charge in [-0.15, -0.1) is 12.4 Å². The minimum absolute atomic E-state index is 0. The SMILES string of the molecule is CCCCCN(CCCCC)CCCOc1ccc(OC)cc1C1Sc2ccccc2N1C(C)=O.Cl. The quantitative estimate of drug-likeness (QED) is 0.219. The number of para-hydroxylation sites is 1. The Kier molecular flexibility index (Phi) is 13.5. The van der Waals surface area contributed by atoms with Gasteiger partial charge in [-0.2, -0.15) is 0 Å². The molecule has 1 heterocycles. The number of ether oxygens (including phenoxy) is 2. The van der Waals surface area contributed by atoms with Crippen LogP contribution in [0.5, 0.6) is 11.5 Å². The number of thioether (sulfide) groups is 1. The van der Waals surface area contributed by atoms with Gasteiger partial charge in [-0.3, -0.25) is 9.69 Å². The third kappa shape index (κ3) is 8.32. The molecule has 1 amide bonds. The topological polar surface area (TPSA) is 42.0 Å². The van der Waals surface area contributed by atoms with Crippen LogP contribution < -0.4 is 14.4 Å². The maximum atomic E-state index is 12.6. The van der Waals surface area contributed by atoms with Crippen LogP contribution in [-0.4, -0.2) is 44.2 Å². The van der Waals surface area contributed by atoms with Crippen LogP contribution in [0.15, 0.2) is 47.4 Å². The first kappa shape index (κ1) is 30.3. The number of unbranched alkanes of at least 4 members (excludes halogenated alkanes) is 4. The number of methoxy groups -OCH3 is 1. The third-order valence-corrected chi connectivity index (χ3v) is 7.74. The molecule has 0 spiro atoms. The number of carbonyl (C=O) groups is 1. The average Bonchev–Trinajstić information content (AvgIpc) is 3.26. The minimum atomic E-state index is -0.172. The van der Waals surface area contributed by atoms with E-state index in [4.69, 9.17) is 9.47 Å². The Bertz CT molecular complexity index is 932. The van der Waals surface area contributed by atoms with Gasteiger partial charge < -0.3 is 14.4 Å². The fourth-order valence-electron chi connectivity index (χ4n) is 4.55. The molecule has 1 atom stereocenters. The second-order valence-electron chi connectivity index (χ2n) is 9.19. The smallest absolute Gasteiger partial charge is 0.225 e. The van der Waals surface area contributed by atoms with Gasteiger partial charge in [0.1, 0.15) is 16.9 Å². The van der Waals surface area contributed by atoms with Crippen molar-refractivity contribution in [2.75, 3.05) is 38.3 Å². The monoisotopic (exact) mass is 534 g/mol. The lowest BCUT2D eigenvalue weighted by molar-refractivity contribution is -0.116. The van der Waals surface area contributed by atoms with Gasteiger partial charge in [0.05, 0.1) is 19.4 Å². The first-order chi connectivity index (χ1) is 17.1. The van der Waals surface area contributed by atoms with Crippen molar-refractivity contribution in [1.29, 1.82) is 0 Å². The largest absolute Gasteiger partial charge is 0.497 e. The number of hydrogen-bond donors (Lipinski definition) is 0. The van der Waals surface area contributed by atoms with E-state index in [-0.39, 0.29) is 23.7 Å². The first-order valence-electron chi connectivity index (χ1n) is 13.2. The van der Waals surface area contributed by atoms with Crippen molar-refractivity contribution in [3.05, 3.63) is 48.0 Å². The summed E-state index contributed by atoms with van der Waals surface area (Å²) in [4.78, 5) is 18.2. The van der Waals surface area contributed by atoms with Crippen LogP contribution in [0.4, 0.5) is 5.69 Å². The Morgan fingerprint density at radius 1 is 0.972 bits per heavy atom. The van der Waals surface area contributed by atoms with Crippen LogP contribution in [-0.2, 0) is 4.79 Å². The summed E-state index contributed by atoms with van der Waals surface area (Å²) in [6, 6.07) is 14.0. The van der Waals surface area contributed by atoms with Gasteiger partial charge in [0.25, 0.3) is 0 Å². The van der Waals surface area contributed by atoms with Crippen LogP contribution in [0.1, 0.15) is 76.7 Å². The lowest BCUT2D eigenvalue weighted by Gasteiger charge is -2.26. The normalized spacial score (nSPS) is 14.5. The van der Waals surface area contributed by atoms with E-state index in [0.29, 0.717) is 6.61 Å². The average molecular weight is 535 g/mol. The van der Waals surface area contributed by atoms with Crippen molar-refractivity contribution >= 4 is 35.8 Å². The summed E-state index contributed by atoms with van der Waals surface area (Å²) in [6.07, 6.45) is 8.63. The van der Waals surface area contributed by atoms with E-state index in [1.54, 1.807) is 25.8 Å². The van der Waals surface area contributed by atoms with Gasteiger partial charge in [0.2, 0.25) is 5.91 Å². The summed E-state index contributed by atoms with van der Waals surface area (Å²) in [5.41, 5.74) is 1.93. The Labute approximate surface area is 228 Å². The number of halogens is 1. The summed E-state index contributed by atoms with van der Waals surface area (Å²) in [5, 5.41) is -0.172. The fourth-order valence-corrected chi connectivity index (χ4v) is 5.91. The summed E-state index contributed by atoms with van der Waals surface area (Å²) in [7, 11) is 1.67. The van der Waals surface area contributed by atoms with Crippen LogP contribution in [0, 0.1) is 0 Å². The second-order valence-corrected chi connectivity index (χ2v) is 10.3. The molecule has 7 heteroatoms. The van der Waals surface area contributed by atoms with Gasteiger partial charge in [0.15, 0.2) is 0 Å². The molecule has 0 bridgehead atoms. The van der Waals surface area contributed by atoms with Gasteiger partial charge in [0, 0.05) is 23.9 Å². The highest BCUT2D eigenvalue weighted by atomic mass is 35.5. The van der Waals surface area contributed by atoms with E-state index in [1.165, 1.54) is 51.6 Å². The van der Waals surface area contributed by atoms with Gasteiger partial charge in [-0.1, -0.05) is 63.4 Å². The molecule has 3 rings (SSSR count). The maximum Gasteiger partial charge on any atom is 0.225 e. The highest BCUT2D eigenvalue weighted by Gasteiger charge is 2.35. The molecule has 0 aliphatic carbocycles. The Morgan fingerprint density at radius 3 is 2.28 bits per heavy atom. The number of anilines is 1. The summed E-state index contributed by atoms with van der Waals surface area (Å²) < 4.78 is 11.9. The predicted molar refractivity (Wildman–Crippen MR) is 154 cm³/mol. The van der Waals surface area contributed by atoms with Crippen molar-refractivity contribution < 1.29 is 14.3 Å². The molecule has 0 saturated carbocycles. The molecule has 200 valence electrons. The van der Waals surface area contributed by atoms with E-state index >= 15 is 0 Å². The molecule has 0 saturated heterocycles. The second kappa shape index (κ2) is 16.1. The third-order valence-electron chi connectivity index (χ3n) is 6.45. The minimum Gasteiger partial charge on any atom is -0.497 e. The van der Waals surface area contributed by atoms with Gasteiger partial charge in [-0.25, -0.2) is 0 Å². The van der Waals surface area contributed by atoms with Crippen LogP contribution in [0.2, 0.25) is 0 Å². The predicted octanol–water partition coefficient (Wildman–Crippen LogP) is 7.73. The lowest BCUT2D eigenvalue weighted by Crippen LogP contribution is -2.29. The molecule has 2 aromatic carbocycles. The molecule has 36 heavy (non-hydrogen) atoms. The van der Waals surface area contributed by atoms with Crippen molar-refractivity contribution in [2.24, 2.45) is 0 Å². The Morgan fingerprint density at radius 2 is 1.64 bits per heavy atom. The van der Waals surface area contributed by atoms with Crippen LogP contribution in [0.3, 0.4) is 0 Å². The number of hydrogen-bond acceptors (Lipinski definition) is 5. The van der Waals surface area contributed by atoms with Crippen molar-refractivity contribution in [2.45, 2.75) is 76.0 Å². The van der Waals surface area contributed by atoms with E-state index in [1.807, 2.05) is 41.3 Å². The van der Waals surface area contributed by atoms with Crippen molar-refractivity contribution in [3.63, 3.8) is 0 Å². The number of fused-ring (bicyclic) bond motifs is 1. The fraction of sp³-hybridized carbons (Fsp3) is 0.552. The summed E-state index contributed by atoms with van der Waals surface area (Å²) in [6.45, 7) is 10.2. The maximum absolute atomic E-state index is 12.6. The van der Waals surface area contributed by atoms with Crippen LogP contribution >= 0.6 is 24.2 Å². The first-order valence-corrected chi connectivity index (χ1v) is 14.1. The summed E-state index contributed by atoms with van der Waals surface area (Å²) in [5.74, 6) is 1.62. The molecule has 1 aliphatic rings. The molecule has 5 nitrogen and oxygen atoms in total. The zero-order chi connectivity index (χ0) is 25.0. The number of nitrogens with zero attached hydrogens (tertiary/aromatic N) is 2. The number of benzene rings is 2. The van der Waals surface area contributed by atoms with E-state index in [0.717, 1.165) is 40.6 Å². The Balaban J connectivity index is 0.00000456. The highest BCUT2D eigenvalue weighted by molar-refractivity contribution is 8.00. The molecule has 0 fully saturated rings.